The minimum absolute atomic E-state index is 0.00565. The van der Waals surface area contributed by atoms with E-state index in [0.29, 0.717) is 0 Å². The van der Waals surface area contributed by atoms with Gasteiger partial charge in [-0.1, -0.05) is 18.2 Å². The average molecular weight is 176 g/mol. The second-order valence-electron chi connectivity index (χ2n) is 2.94. The van der Waals surface area contributed by atoms with Gasteiger partial charge in [0.1, 0.15) is 11.7 Å². The number of benzene rings is 1. The number of ether oxygens (including phenoxy) is 1. The van der Waals surface area contributed by atoms with Gasteiger partial charge in [0.25, 0.3) is 0 Å². The summed E-state index contributed by atoms with van der Waals surface area (Å²) in [6.45, 7) is 3.77. The molecule has 0 heterocycles. The fourth-order valence-corrected chi connectivity index (χ4v) is 0.953. The van der Waals surface area contributed by atoms with Gasteiger partial charge in [-0.25, -0.2) is 0 Å². The Labute approximate surface area is 77.6 Å². The Hall–Kier alpha value is -1.60. The van der Waals surface area contributed by atoms with Gasteiger partial charge in [0.05, 0.1) is 0 Å². The average Bonchev–Trinajstić information content (AvgIpc) is 2.15. The summed E-state index contributed by atoms with van der Waals surface area (Å²) in [5.74, 6) is 0.260. The largest absolute Gasteiger partial charge is 0.482 e. The number of nitrogens with zero attached hydrogens (tertiary/aromatic N) is 2. The summed E-state index contributed by atoms with van der Waals surface area (Å²) in [5.41, 5.74) is 9.47. The van der Waals surface area contributed by atoms with Crippen molar-refractivity contribution in [1.29, 1.82) is 0 Å². The lowest BCUT2D eigenvalue weighted by molar-refractivity contribution is -0.0449. The molecular formula is C10H12N2O. The van der Waals surface area contributed by atoms with Crippen LogP contribution in [0.25, 0.3) is 5.53 Å². The van der Waals surface area contributed by atoms with E-state index in [0.717, 1.165) is 5.56 Å². The van der Waals surface area contributed by atoms with Crippen molar-refractivity contribution in [3.8, 4) is 0 Å². The van der Waals surface area contributed by atoms with Crippen molar-refractivity contribution < 1.29 is 9.53 Å². The fourth-order valence-electron chi connectivity index (χ4n) is 0.953. The molecule has 0 unspecified atom stereocenters. The molecule has 3 nitrogen and oxygen atoms in total. The van der Waals surface area contributed by atoms with E-state index in [9.17, 15) is 0 Å². The van der Waals surface area contributed by atoms with Crippen molar-refractivity contribution in [2.75, 3.05) is 0 Å². The van der Waals surface area contributed by atoms with Crippen LogP contribution in [0.15, 0.2) is 30.3 Å². The van der Waals surface area contributed by atoms with E-state index < -0.39 is 0 Å². The molecule has 0 spiro atoms. The maximum Gasteiger partial charge on any atom is 0.482 e. The van der Waals surface area contributed by atoms with Gasteiger partial charge in [-0.05, 0) is 26.0 Å². The lowest BCUT2D eigenvalue weighted by Crippen LogP contribution is -2.13. The van der Waals surface area contributed by atoms with Crippen molar-refractivity contribution in [1.82, 2.24) is 0 Å². The van der Waals surface area contributed by atoms with Crippen molar-refractivity contribution >= 4 is 5.90 Å². The Morgan fingerprint density at radius 3 is 2.38 bits per heavy atom. The minimum atomic E-state index is 0.00565. The smallest absolute Gasteiger partial charge is 0.429 e. The summed E-state index contributed by atoms with van der Waals surface area (Å²) in [5, 5.41) is 0. The van der Waals surface area contributed by atoms with Crippen LogP contribution < -0.4 is 0 Å². The van der Waals surface area contributed by atoms with E-state index in [2.05, 4.69) is 4.79 Å². The van der Waals surface area contributed by atoms with Crippen molar-refractivity contribution in [2.45, 2.75) is 20.0 Å². The zero-order valence-electron chi connectivity index (χ0n) is 7.77. The molecule has 68 valence electrons. The molecule has 0 aliphatic carbocycles. The second kappa shape index (κ2) is 4.43. The first kappa shape index (κ1) is 9.49. The predicted molar refractivity (Wildman–Crippen MR) is 50.4 cm³/mol. The summed E-state index contributed by atoms with van der Waals surface area (Å²) in [6, 6.07) is 9.29. The van der Waals surface area contributed by atoms with Crippen LogP contribution in [0.5, 0.6) is 0 Å². The van der Waals surface area contributed by atoms with Gasteiger partial charge < -0.3 is 10.3 Å². The van der Waals surface area contributed by atoms with Gasteiger partial charge in [0, 0.05) is 0 Å². The molecule has 3 heteroatoms. The highest BCUT2D eigenvalue weighted by molar-refractivity contribution is 5.89. The molecule has 0 bridgehead atoms. The summed E-state index contributed by atoms with van der Waals surface area (Å²) in [4.78, 5) is 3.09. The molecule has 0 atom stereocenters. The SMILES string of the molecule is CC(C)OC(=[N+]=[N-])c1ccccc1. The third-order valence-electron chi connectivity index (χ3n) is 1.46. The fraction of sp³-hybridized carbons (Fsp3) is 0.300. The molecule has 0 aliphatic rings. The maximum absolute atomic E-state index is 8.69. The van der Waals surface area contributed by atoms with Gasteiger partial charge in [-0.2, -0.15) is 0 Å². The van der Waals surface area contributed by atoms with E-state index in [1.54, 1.807) is 0 Å². The first-order chi connectivity index (χ1) is 6.24. The van der Waals surface area contributed by atoms with Gasteiger partial charge >= 0.3 is 5.90 Å². The van der Waals surface area contributed by atoms with Crippen LogP contribution in [0.3, 0.4) is 0 Å². The molecule has 1 aromatic carbocycles. The molecule has 1 aromatic rings. The molecule has 0 fully saturated rings. The molecule has 1 rings (SSSR count). The quantitative estimate of drug-likeness (QED) is 0.294. The first-order valence-electron chi connectivity index (χ1n) is 4.18. The monoisotopic (exact) mass is 176 g/mol. The van der Waals surface area contributed by atoms with Gasteiger partial charge in [-0.3, -0.25) is 0 Å². The highest BCUT2D eigenvalue weighted by Gasteiger charge is 2.13. The summed E-state index contributed by atoms with van der Waals surface area (Å²) >= 11 is 0. The summed E-state index contributed by atoms with van der Waals surface area (Å²) in [7, 11) is 0. The normalized spacial score (nSPS) is 9.46. The minimum Gasteiger partial charge on any atom is -0.429 e. The van der Waals surface area contributed by atoms with Gasteiger partial charge in [0.15, 0.2) is 0 Å². The van der Waals surface area contributed by atoms with Crippen molar-refractivity contribution in [2.24, 2.45) is 0 Å². The molecule has 0 saturated heterocycles. The van der Waals surface area contributed by atoms with Crippen LogP contribution in [0.2, 0.25) is 0 Å². The molecule has 0 amide bonds. The third kappa shape index (κ3) is 2.73. The van der Waals surface area contributed by atoms with Crippen LogP contribution in [-0.2, 0) is 4.74 Å². The Balaban J connectivity index is 2.87. The van der Waals surface area contributed by atoms with Crippen molar-refractivity contribution in [3.63, 3.8) is 0 Å². The van der Waals surface area contributed by atoms with Crippen LogP contribution in [0.1, 0.15) is 19.4 Å². The number of hydrogen-bond donors (Lipinski definition) is 0. The van der Waals surface area contributed by atoms with Crippen LogP contribution >= 0.6 is 0 Å². The van der Waals surface area contributed by atoms with Crippen molar-refractivity contribution in [3.05, 3.63) is 41.4 Å². The molecule has 13 heavy (non-hydrogen) atoms. The highest BCUT2D eigenvalue weighted by Crippen LogP contribution is 2.02. The van der Waals surface area contributed by atoms with Crippen LogP contribution in [-0.4, -0.2) is 16.8 Å². The Morgan fingerprint density at radius 2 is 1.92 bits per heavy atom. The Morgan fingerprint density at radius 1 is 1.31 bits per heavy atom. The Kier molecular flexibility index (Phi) is 3.23. The topological polar surface area (TPSA) is 45.6 Å². The second-order valence-corrected chi connectivity index (χ2v) is 2.94. The first-order valence-corrected chi connectivity index (χ1v) is 4.18. The Bertz CT molecular complexity index is 313. The molecule has 0 saturated carbocycles. The summed E-state index contributed by atoms with van der Waals surface area (Å²) in [6.07, 6.45) is 0.00565. The van der Waals surface area contributed by atoms with Crippen LogP contribution in [0, 0.1) is 0 Å². The van der Waals surface area contributed by atoms with E-state index in [1.165, 1.54) is 0 Å². The van der Waals surface area contributed by atoms with E-state index in [-0.39, 0.29) is 12.0 Å². The van der Waals surface area contributed by atoms with E-state index >= 15 is 0 Å². The zero-order chi connectivity index (χ0) is 9.68. The van der Waals surface area contributed by atoms with Gasteiger partial charge in [-0.15, -0.1) is 4.79 Å². The van der Waals surface area contributed by atoms with E-state index in [1.807, 2.05) is 44.2 Å². The number of rotatable bonds is 2. The number of hydrogen-bond acceptors (Lipinski definition) is 1. The highest BCUT2D eigenvalue weighted by atomic mass is 16.5. The molecule has 0 aromatic heterocycles. The predicted octanol–water partition coefficient (Wildman–Crippen LogP) is 2.09. The lowest BCUT2D eigenvalue weighted by atomic mass is 10.2. The van der Waals surface area contributed by atoms with Crippen LogP contribution in [0.4, 0.5) is 0 Å². The summed E-state index contributed by atoms with van der Waals surface area (Å²) < 4.78 is 5.29. The lowest BCUT2D eigenvalue weighted by Gasteiger charge is -2.03. The molecular weight excluding hydrogens is 164 g/mol. The third-order valence-corrected chi connectivity index (χ3v) is 1.46. The molecule has 0 aliphatic heterocycles. The van der Waals surface area contributed by atoms with E-state index in [4.69, 9.17) is 10.3 Å². The van der Waals surface area contributed by atoms with Gasteiger partial charge in [0.2, 0.25) is 0 Å². The molecule has 0 N–H and O–H groups in total. The zero-order valence-corrected chi connectivity index (χ0v) is 7.77. The maximum atomic E-state index is 8.69. The standard InChI is InChI=1S/C10H12N2O/c1-8(2)13-10(12-11)9-6-4-3-5-7-9/h3-8H,1-2H3. The molecule has 0 radical (unpaired) electrons.